The summed E-state index contributed by atoms with van der Waals surface area (Å²) in [6.07, 6.45) is 8.07. The number of likely N-dealkylation sites (tertiary alicyclic amines) is 1. The summed E-state index contributed by atoms with van der Waals surface area (Å²) >= 11 is 0. The van der Waals surface area contributed by atoms with E-state index in [0.717, 1.165) is 32.1 Å². The molecule has 1 saturated carbocycles. The van der Waals surface area contributed by atoms with E-state index in [1.807, 2.05) is 0 Å². The van der Waals surface area contributed by atoms with Crippen LogP contribution in [0.1, 0.15) is 56.1 Å². The molecule has 0 bridgehead atoms. The highest BCUT2D eigenvalue weighted by atomic mass is 16.5. The highest BCUT2D eigenvalue weighted by Gasteiger charge is 2.31. The zero-order chi connectivity index (χ0) is 16.5. The van der Waals surface area contributed by atoms with Crippen molar-refractivity contribution >= 4 is 0 Å². The van der Waals surface area contributed by atoms with Crippen LogP contribution in [0.25, 0.3) is 0 Å². The van der Waals surface area contributed by atoms with Gasteiger partial charge in [0.15, 0.2) is 0 Å². The first-order chi connectivity index (χ1) is 11.7. The molecular formula is C18H31N5O. The van der Waals surface area contributed by atoms with Gasteiger partial charge in [-0.2, -0.15) is 0 Å². The highest BCUT2D eigenvalue weighted by Crippen LogP contribution is 2.38. The van der Waals surface area contributed by atoms with E-state index in [1.54, 1.807) is 0 Å². The normalized spacial score (nSPS) is 28.8. The minimum atomic E-state index is 0.461. The Balaban J connectivity index is 1.28. The molecule has 2 aliphatic heterocycles. The molecule has 3 aliphatic rings. The number of nitrogens with zero attached hydrogens (tertiary/aromatic N) is 5. The van der Waals surface area contributed by atoms with Crippen molar-refractivity contribution in [3.63, 3.8) is 0 Å². The molecule has 4 rings (SSSR count). The van der Waals surface area contributed by atoms with Gasteiger partial charge in [0, 0.05) is 38.7 Å². The minimum Gasteiger partial charge on any atom is -0.377 e. The van der Waals surface area contributed by atoms with Gasteiger partial charge < -0.3 is 9.30 Å². The molecule has 1 aliphatic carbocycles. The fourth-order valence-electron chi connectivity index (χ4n) is 4.14. The average molecular weight is 333 g/mol. The third-order valence-electron chi connectivity index (χ3n) is 5.94. The third-order valence-corrected chi connectivity index (χ3v) is 5.94. The maximum atomic E-state index is 5.90. The van der Waals surface area contributed by atoms with Crippen molar-refractivity contribution in [3.05, 3.63) is 11.6 Å². The standard InChI is InChI=1S/C18H31N5O/c1-21(13-17-19-20-18(22(17)2)14-6-7-14)15-8-9-23(11-15)12-16-5-3-4-10-24-16/h14-16H,3-13H2,1-2H3. The molecule has 0 amide bonds. The van der Waals surface area contributed by atoms with Gasteiger partial charge in [-0.05, 0) is 52.1 Å². The Morgan fingerprint density at radius 1 is 1.17 bits per heavy atom. The van der Waals surface area contributed by atoms with Crippen molar-refractivity contribution in [2.24, 2.45) is 7.05 Å². The predicted molar refractivity (Wildman–Crippen MR) is 92.9 cm³/mol. The van der Waals surface area contributed by atoms with Crippen LogP contribution in [0.2, 0.25) is 0 Å². The van der Waals surface area contributed by atoms with Crippen molar-refractivity contribution in [1.82, 2.24) is 24.6 Å². The second-order valence-corrected chi connectivity index (χ2v) is 7.91. The van der Waals surface area contributed by atoms with E-state index in [1.165, 1.54) is 50.9 Å². The molecule has 24 heavy (non-hydrogen) atoms. The smallest absolute Gasteiger partial charge is 0.146 e. The summed E-state index contributed by atoms with van der Waals surface area (Å²) in [6, 6.07) is 0.620. The second kappa shape index (κ2) is 7.10. The Hall–Kier alpha value is -0.980. The molecule has 0 aromatic carbocycles. The predicted octanol–water partition coefficient (Wildman–Crippen LogP) is 1.77. The molecule has 6 heteroatoms. The number of aromatic nitrogens is 3. The first-order valence-corrected chi connectivity index (χ1v) is 9.63. The van der Waals surface area contributed by atoms with E-state index in [2.05, 4.69) is 38.7 Å². The molecule has 2 saturated heterocycles. The van der Waals surface area contributed by atoms with E-state index in [0.29, 0.717) is 18.1 Å². The lowest BCUT2D eigenvalue weighted by Crippen LogP contribution is -2.38. The Kier molecular flexibility index (Phi) is 4.88. The van der Waals surface area contributed by atoms with Gasteiger partial charge in [0.05, 0.1) is 12.6 Å². The van der Waals surface area contributed by atoms with Crippen LogP contribution in [0.4, 0.5) is 0 Å². The molecule has 3 fully saturated rings. The van der Waals surface area contributed by atoms with Crippen molar-refractivity contribution in [2.75, 3.05) is 33.3 Å². The zero-order valence-electron chi connectivity index (χ0n) is 15.2. The molecule has 2 atom stereocenters. The van der Waals surface area contributed by atoms with Crippen molar-refractivity contribution in [1.29, 1.82) is 0 Å². The highest BCUT2D eigenvalue weighted by molar-refractivity contribution is 5.07. The topological polar surface area (TPSA) is 46.4 Å². The van der Waals surface area contributed by atoms with Crippen LogP contribution in [0.15, 0.2) is 0 Å². The Bertz CT molecular complexity index is 550. The van der Waals surface area contributed by atoms with Crippen LogP contribution in [0.5, 0.6) is 0 Å². The maximum absolute atomic E-state index is 5.90. The van der Waals surface area contributed by atoms with E-state index in [9.17, 15) is 0 Å². The zero-order valence-corrected chi connectivity index (χ0v) is 15.2. The maximum Gasteiger partial charge on any atom is 0.146 e. The quantitative estimate of drug-likeness (QED) is 0.794. The lowest BCUT2D eigenvalue weighted by Gasteiger charge is -2.28. The van der Waals surface area contributed by atoms with Gasteiger partial charge in [-0.25, -0.2) is 0 Å². The lowest BCUT2D eigenvalue weighted by molar-refractivity contribution is -0.00281. The van der Waals surface area contributed by atoms with Gasteiger partial charge in [0.2, 0.25) is 0 Å². The molecule has 1 aromatic rings. The van der Waals surface area contributed by atoms with Gasteiger partial charge in [-0.15, -0.1) is 10.2 Å². The Morgan fingerprint density at radius 3 is 2.79 bits per heavy atom. The van der Waals surface area contributed by atoms with Gasteiger partial charge in [-0.1, -0.05) is 0 Å². The Morgan fingerprint density at radius 2 is 2.04 bits per heavy atom. The summed E-state index contributed by atoms with van der Waals surface area (Å²) in [5.41, 5.74) is 0. The van der Waals surface area contributed by atoms with E-state index in [4.69, 9.17) is 4.74 Å². The van der Waals surface area contributed by atoms with Gasteiger partial charge in [0.25, 0.3) is 0 Å². The molecule has 0 spiro atoms. The monoisotopic (exact) mass is 333 g/mol. The summed E-state index contributed by atoms with van der Waals surface area (Å²) in [4.78, 5) is 5.05. The van der Waals surface area contributed by atoms with Crippen LogP contribution in [-0.4, -0.2) is 70.0 Å². The second-order valence-electron chi connectivity index (χ2n) is 7.91. The van der Waals surface area contributed by atoms with Gasteiger partial charge in [-0.3, -0.25) is 9.80 Å². The SMILES string of the molecule is CN(Cc1nnc(C2CC2)n1C)C1CCN(CC2CCCCO2)C1. The Labute approximate surface area is 145 Å². The fraction of sp³-hybridized carbons (Fsp3) is 0.889. The average Bonchev–Trinajstić information content (AvgIpc) is 3.22. The summed E-state index contributed by atoms with van der Waals surface area (Å²) in [5.74, 6) is 2.95. The van der Waals surface area contributed by atoms with Gasteiger partial charge in [0.1, 0.15) is 11.6 Å². The summed E-state index contributed by atoms with van der Waals surface area (Å²) in [7, 11) is 4.36. The molecular weight excluding hydrogens is 302 g/mol. The van der Waals surface area contributed by atoms with Crippen molar-refractivity contribution in [3.8, 4) is 0 Å². The summed E-state index contributed by atoms with van der Waals surface area (Å²) < 4.78 is 8.12. The van der Waals surface area contributed by atoms with Gasteiger partial charge >= 0.3 is 0 Å². The van der Waals surface area contributed by atoms with Crippen LogP contribution < -0.4 is 0 Å². The molecule has 0 N–H and O–H groups in total. The third kappa shape index (κ3) is 3.65. The van der Waals surface area contributed by atoms with Crippen molar-refractivity contribution < 1.29 is 4.74 Å². The fourth-order valence-corrected chi connectivity index (χ4v) is 4.14. The first kappa shape index (κ1) is 16.5. The number of hydrogen-bond donors (Lipinski definition) is 0. The van der Waals surface area contributed by atoms with Crippen LogP contribution in [0, 0.1) is 0 Å². The largest absolute Gasteiger partial charge is 0.377 e. The number of hydrogen-bond acceptors (Lipinski definition) is 5. The first-order valence-electron chi connectivity index (χ1n) is 9.63. The van der Waals surface area contributed by atoms with Crippen molar-refractivity contribution in [2.45, 2.75) is 63.1 Å². The molecule has 6 nitrogen and oxygen atoms in total. The molecule has 134 valence electrons. The van der Waals surface area contributed by atoms with Crippen LogP contribution >= 0.6 is 0 Å². The number of likely N-dealkylation sites (N-methyl/N-ethyl adjacent to an activating group) is 1. The molecule has 1 aromatic heterocycles. The summed E-state index contributed by atoms with van der Waals surface area (Å²) in [5, 5.41) is 8.85. The molecule has 0 radical (unpaired) electrons. The number of rotatable bonds is 6. The lowest BCUT2D eigenvalue weighted by atomic mass is 10.1. The van der Waals surface area contributed by atoms with Crippen LogP contribution in [0.3, 0.4) is 0 Å². The van der Waals surface area contributed by atoms with E-state index >= 15 is 0 Å². The van der Waals surface area contributed by atoms with E-state index < -0.39 is 0 Å². The van der Waals surface area contributed by atoms with E-state index in [-0.39, 0.29) is 0 Å². The molecule has 3 heterocycles. The summed E-state index contributed by atoms with van der Waals surface area (Å²) in [6.45, 7) is 5.32. The number of ether oxygens (including phenoxy) is 1. The molecule has 2 unspecified atom stereocenters. The minimum absolute atomic E-state index is 0.461. The van der Waals surface area contributed by atoms with Crippen LogP contribution in [-0.2, 0) is 18.3 Å².